The molecule has 0 saturated carbocycles. The normalized spacial score (nSPS) is 16.2. The molecule has 0 aliphatic heterocycles. The van der Waals surface area contributed by atoms with Gasteiger partial charge < -0.3 is 9.90 Å². The van der Waals surface area contributed by atoms with Gasteiger partial charge >= 0.3 is 5.97 Å². The standard InChI is InChI=1S/C4H4Cl2O3/c5-2(1-7)3(6)4(8)9/h1-3H,(H,8,9)/t2-,3+/m1/s1. The second-order valence-electron chi connectivity index (χ2n) is 1.32. The summed E-state index contributed by atoms with van der Waals surface area (Å²) in [5.41, 5.74) is 0. The van der Waals surface area contributed by atoms with Crippen molar-refractivity contribution < 1.29 is 14.7 Å². The zero-order valence-corrected chi connectivity index (χ0v) is 5.76. The number of rotatable bonds is 3. The van der Waals surface area contributed by atoms with Crippen molar-refractivity contribution in [2.45, 2.75) is 10.8 Å². The van der Waals surface area contributed by atoms with Crippen LogP contribution >= 0.6 is 23.2 Å². The van der Waals surface area contributed by atoms with Crippen LogP contribution in [0.2, 0.25) is 0 Å². The average Bonchev–Trinajstić information content (AvgIpc) is 1.84. The van der Waals surface area contributed by atoms with E-state index in [1.54, 1.807) is 0 Å². The van der Waals surface area contributed by atoms with Gasteiger partial charge in [0.25, 0.3) is 0 Å². The van der Waals surface area contributed by atoms with Crippen LogP contribution in [0.1, 0.15) is 0 Å². The minimum Gasteiger partial charge on any atom is -0.480 e. The summed E-state index contributed by atoms with van der Waals surface area (Å²) in [6.45, 7) is 0. The molecular formula is C4H4Cl2O3. The van der Waals surface area contributed by atoms with Crippen LogP contribution in [0.25, 0.3) is 0 Å². The van der Waals surface area contributed by atoms with Crippen LogP contribution in [0.5, 0.6) is 0 Å². The lowest BCUT2D eigenvalue weighted by atomic mass is 10.3. The zero-order valence-electron chi connectivity index (χ0n) is 4.25. The fraction of sp³-hybridized carbons (Fsp3) is 0.500. The molecule has 9 heavy (non-hydrogen) atoms. The van der Waals surface area contributed by atoms with E-state index in [1.807, 2.05) is 0 Å². The van der Waals surface area contributed by atoms with E-state index in [4.69, 9.17) is 28.3 Å². The number of carboxylic acid groups (broad SMARTS) is 1. The minimum atomic E-state index is -1.33. The molecular weight excluding hydrogens is 167 g/mol. The Hall–Kier alpha value is -0.280. The molecule has 0 aromatic carbocycles. The second kappa shape index (κ2) is 3.69. The number of carbonyl (C=O) groups is 2. The van der Waals surface area contributed by atoms with Gasteiger partial charge in [-0.2, -0.15) is 0 Å². The van der Waals surface area contributed by atoms with Gasteiger partial charge in [0.2, 0.25) is 0 Å². The first-order chi connectivity index (χ1) is 4.09. The molecule has 2 atom stereocenters. The highest BCUT2D eigenvalue weighted by Gasteiger charge is 2.22. The maximum atomic E-state index is 9.92. The second-order valence-corrected chi connectivity index (χ2v) is 2.29. The maximum Gasteiger partial charge on any atom is 0.323 e. The molecule has 0 radical (unpaired) electrons. The van der Waals surface area contributed by atoms with E-state index in [0.717, 1.165) is 0 Å². The Balaban J connectivity index is 3.86. The third kappa shape index (κ3) is 2.67. The fourth-order valence-corrected chi connectivity index (χ4v) is 0.372. The van der Waals surface area contributed by atoms with E-state index in [1.165, 1.54) is 0 Å². The van der Waals surface area contributed by atoms with E-state index in [0.29, 0.717) is 0 Å². The molecule has 0 saturated heterocycles. The molecule has 1 N–H and O–H groups in total. The Bertz CT molecular complexity index is 125. The summed E-state index contributed by atoms with van der Waals surface area (Å²) < 4.78 is 0. The number of aliphatic carboxylic acids is 1. The van der Waals surface area contributed by atoms with E-state index < -0.39 is 16.7 Å². The van der Waals surface area contributed by atoms with Crippen LogP contribution in [-0.4, -0.2) is 28.1 Å². The topological polar surface area (TPSA) is 54.4 Å². The van der Waals surface area contributed by atoms with Gasteiger partial charge in [0.05, 0.1) is 0 Å². The van der Waals surface area contributed by atoms with Crippen molar-refractivity contribution >= 4 is 35.5 Å². The number of aldehydes is 1. The summed E-state index contributed by atoms with van der Waals surface area (Å²) in [6.07, 6.45) is 0.285. The van der Waals surface area contributed by atoms with Crippen molar-refractivity contribution in [3.05, 3.63) is 0 Å². The van der Waals surface area contributed by atoms with E-state index in [9.17, 15) is 9.59 Å². The van der Waals surface area contributed by atoms with Crippen molar-refractivity contribution in [2.24, 2.45) is 0 Å². The fourth-order valence-electron chi connectivity index (χ4n) is 0.205. The van der Waals surface area contributed by atoms with E-state index >= 15 is 0 Å². The summed E-state index contributed by atoms with van der Waals surface area (Å²) in [6, 6.07) is 0. The van der Waals surface area contributed by atoms with Crippen molar-refractivity contribution in [1.82, 2.24) is 0 Å². The Morgan fingerprint density at radius 3 is 2.11 bits per heavy atom. The lowest BCUT2D eigenvalue weighted by Gasteiger charge is -2.02. The van der Waals surface area contributed by atoms with Gasteiger partial charge in [-0.3, -0.25) is 4.79 Å². The Labute approximate surface area is 61.6 Å². The molecule has 0 aliphatic carbocycles. The van der Waals surface area contributed by atoms with Gasteiger partial charge in [0.1, 0.15) is 11.7 Å². The maximum absolute atomic E-state index is 9.92. The first-order valence-electron chi connectivity index (χ1n) is 2.06. The number of carbonyl (C=O) groups excluding carboxylic acids is 1. The summed E-state index contributed by atoms with van der Waals surface area (Å²) >= 11 is 10.2. The third-order valence-corrected chi connectivity index (χ3v) is 1.59. The van der Waals surface area contributed by atoms with Crippen molar-refractivity contribution in [2.75, 3.05) is 0 Å². The minimum absolute atomic E-state index is 0.285. The molecule has 0 unspecified atom stereocenters. The number of hydrogen-bond donors (Lipinski definition) is 1. The van der Waals surface area contributed by atoms with Gasteiger partial charge in [-0.05, 0) is 0 Å². The summed E-state index contributed by atoms with van der Waals surface area (Å²) in [4.78, 5) is 19.7. The highest BCUT2D eigenvalue weighted by Crippen LogP contribution is 2.06. The average molecular weight is 171 g/mol. The number of hydrogen-bond acceptors (Lipinski definition) is 2. The van der Waals surface area contributed by atoms with Crippen LogP contribution in [0.3, 0.4) is 0 Å². The smallest absolute Gasteiger partial charge is 0.323 e. The van der Waals surface area contributed by atoms with Crippen LogP contribution in [0, 0.1) is 0 Å². The molecule has 0 spiro atoms. The molecule has 52 valence electrons. The molecule has 5 heteroatoms. The van der Waals surface area contributed by atoms with Crippen LogP contribution < -0.4 is 0 Å². The van der Waals surface area contributed by atoms with Crippen LogP contribution in [0.4, 0.5) is 0 Å². The summed E-state index contributed by atoms with van der Waals surface area (Å²) in [5, 5.41) is 5.63. The Kier molecular flexibility index (Phi) is 3.58. The first kappa shape index (κ1) is 8.72. The lowest BCUT2D eigenvalue weighted by molar-refractivity contribution is -0.137. The van der Waals surface area contributed by atoms with Crippen molar-refractivity contribution in [3.8, 4) is 0 Å². The number of halogens is 2. The Morgan fingerprint density at radius 1 is 1.56 bits per heavy atom. The zero-order chi connectivity index (χ0) is 7.44. The highest BCUT2D eigenvalue weighted by atomic mass is 35.5. The van der Waals surface area contributed by atoms with Crippen LogP contribution in [0.15, 0.2) is 0 Å². The number of alkyl halides is 2. The predicted molar refractivity (Wildman–Crippen MR) is 33.0 cm³/mol. The van der Waals surface area contributed by atoms with Crippen LogP contribution in [-0.2, 0) is 9.59 Å². The van der Waals surface area contributed by atoms with Gasteiger partial charge in [0.15, 0.2) is 5.38 Å². The quantitative estimate of drug-likeness (QED) is 0.496. The molecule has 0 fully saturated rings. The molecule has 0 heterocycles. The monoisotopic (exact) mass is 170 g/mol. The predicted octanol–water partition coefficient (Wildman–Crippen LogP) is 0.485. The lowest BCUT2D eigenvalue weighted by Crippen LogP contribution is -2.25. The van der Waals surface area contributed by atoms with Gasteiger partial charge in [-0.25, -0.2) is 0 Å². The number of carboxylic acids is 1. The van der Waals surface area contributed by atoms with E-state index in [-0.39, 0.29) is 6.29 Å². The first-order valence-corrected chi connectivity index (χ1v) is 2.93. The summed E-state index contributed by atoms with van der Waals surface area (Å²) in [7, 11) is 0. The molecule has 0 aromatic rings. The molecule has 3 nitrogen and oxygen atoms in total. The molecule has 0 aliphatic rings. The third-order valence-electron chi connectivity index (χ3n) is 0.645. The molecule has 0 rings (SSSR count). The van der Waals surface area contributed by atoms with Gasteiger partial charge in [-0.15, -0.1) is 23.2 Å². The SMILES string of the molecule is O=C[C@@H](Cl)[C@H](Cl)C(=O)O. The van der Waals surface area contributed by atoms with Crippen molar-refractivity contribution in [1.29, 1.82) is 0 Å². The molecule has 0 bridgehead atoms. The van der Waals surface area contributed by atoms with Gasteiger partial charge in [0, 0.05) is 0 Å². The van der Waals surface area contributed by atoms with E-state index in [2.05, 4.69) is 0 Å². The Morgan fingerprint density at radius 2 is 2.00 bits per heavy atom. The summed E-state index contributed by atoms with van der Waals surface area (Å²) in [5.74, 6) is -1.29. The largest absolute Gasteiger partial charge is 0.480 e. The van der Waals surface area contributed by atoms with Gasteiger partial charge in [-0.1, -0.05) is 0 Å². The molecule has 0 amide bonds. The van der Waals surface area contributed by atoms with Crippen molar-refractivity contribution in [3.63, 3.8) is 0 Å². The molecule has 0 aromatic heterocycles. The highest BCUT2D eigenvalue weighted by molar-refractivity contribution is 6.40.